The number of ether oxygens (including phenoxy) is 1. The van der Waals surface area contributed by atoms with E-state index < -0.39 is 0 Å². The zero-order valence-electron chi connectivity index (χ0n) is 15.8. The number of amides is 1. The standard InChI is InChI=1S/C20H26N2O3S/c1-14-12-19(15(2)22(14)10-5-11-25-4)20(24)13-26-18-8-6-17(7-9-18)21-16(3)23/h6-9,12H,5,10-11,13H2,1-4H3,(H,21,23). The van der Waals surface area contributed by atoms with Crippen molar-refractivity contribution in [1.29, 1.82) is 0 Å². The van der Waals surface area contributed by atoms with Gasteiger partial charge in [0.2, 0.25) is 5.91 Å². The first-order valence-electron chi connectivity index (χ1n) is 8.61. The largest absolute Gasteiger partial charge is 0.385 e. The lowest BCUT2D eigenvalue weighted by molar-refractivity contribution is -0.114. The highest BCUT2D eigenvalue weighted by Crippen LogP contribution is 2.23. The smallest absolute Gasteiger partial charge is 0.221 e. The minimum Gasteiger partial charge on any atom is -0.385 e. The molecule has 2 aromatic rings. The Morgan fingerprint density at radius 1 is 1.19 bits per heavy atom. The second kappa shape index (κ2) is 9.59. The van der Waals surface area contributed by atoms with E-state index in [9.17, 15) is 9.59 Å². The van der Waals surface area contributed by atoms with Crippen LogP contribution in [0.4, 0.5) is 5.69 Å². The van der Waals surface area contributed by atoms with Gasteiger partial charge in [-0.2, -0.15) is 0 Å². The van der Waals surface area contributed by atoms with E-state index in [2.05, 4.69) is 9.88 Å². The Morgan fingerprint density at radius 3 is 2.50 bits per heavy atom. The molecule has 0 aliphatic heterocycles. The van der Waals surface area contributed by atoms with Crippen LogP contribution in [0.1, 0.15) is 35.1 Å². The van der Waals surface area contributed by atoms with Crippen LogP contribution in [0.2, 0.25) is 0 Å². The molecule has 0 unspecified atom stereocenters. The highest BCUT2D eigenvalue weighted by molar-refractivity contribution is 8.00. The summed E-state index contributed by atoms with van der Waals surface area (Å²) in [4.78, 5) is 24.7. The quantitative estimate of drug-likeness (QED) is 0.408. The molecule has 0 aliphatic carbocycles. The molecule has 0 bridgehead atoms. The summed E-state index contributed by atoms with van der Waals surface area (Å²) in [6.45, 7) is 7.08. The number of benzene rings is 1. The summed E-state index contributed by atoms with van der Waals surface area (Å²) in [7, 11) is 1.70. The maximum atomic E-state index is 12.6. The van der Waals surface area contributed by atoms with Crippen molar-refractivity contribution < 1.29 is 14.3 Å². The lowest BCUT2D eigenvalue weighted by Gasteiger charge is -2.09. The summed E-state index contributed by atoms with van der Waals surface area (Å²) >= 11 is 1.50. The Labute approximate surface area is 159 Å². The van der Waals surface area contributed by atoms with E-state index in [4.69, 9.17) is 4.74 Å². The van der Waals surface area contributed by atoms with Crippen molar-refractivity contribution in [2.75, 3.05) is 24.8 Å². The van der Waals surface area contributed by atoms with E-state index in [1.807, 2.05) is 44.2 Å². The Morgan fingerprint density at radius 2 is 1.88 bits per heavy atom. The topological polar surface area (TPSA) is 60.3 Å². The molecule has 0 radical (unpaired) electrons. The van der Waals surface area contributed by atoms with Crippen LogP contribution in [-0.4, -0.2) is 35.7 Å². The maximum Gasteiger partial charge on any atom is 0.221 e. The van der Waals surface area contributed by atoms with Crippen molar-refractivity contribution in [2.24, 2.45) is 0 Å². The van der Waals surface area contributed by atoms with E-state index in [1.165, 1.54) is 18.7 Å². The molecule has 140 valence electrons. The van der Waals surface area contributed by atoms with Crippen molar-refractivity contribution in [3.63, 3.8) is 0 Å². The molecule has 26 heavy (non-hydrogen) atoms. The molecule has 0 saturated heterocycles. The van der Waals surface area contributed by atoms with Crippen molar-refractivity contribution in [3.05, 3.63) is 47.3 Å². The summed E-state index contributed by atoms with van der Waals surface area (Å²) in [5.74, 6) is 0.426. The number of carbonyl (C=O) groups is 2. The number of aryl methyl sites for hydroxylation is 1. The molecule has 6 heteroatoms. The van der Waals surface area contributed by atoms with Gasteiger partial charge in [0, 0.05) is 54.7 Å². The average molecular weight is 375 g/mol. The molecule has 0 fully saturated rings. The van der Waals surface area contributed by atoms with Crippen LogP contribution in [0.25, 0.3) is 0 Å². The predicted molar refractivity (Wildman–Crippen MR) is 106 cm³/mol. The van der Waals surface area contributed by atoms with Gasteiger partial charge in [0.15, 0.2) is 5.78 Å². The number of anilines is 1. The van der Waals surface area contributed by atoms with Gasteiger partial charge in [0.25, 0.3) is 0 Å². The van der Waals surface area contributed by atoms with Crippen LogP contribution >= 0.6 is 11.8 Å². The van der Waals surface area contributed by atoms with E-state index in [-0.39, 0.29) is 11.7 Å². The van der Waals surface area contributed by atoms with E-state index in [0.717, 1.165) is 40.5 Å². The molecular formula is C20H26N2O3S. The molecule has 0 saturated carbocycles. The van der Waals surface area contributed by atoms with Crippen molar-refractivity contribution in [3.8, 4) is 0 Å². The predicted octanol–water partition coefficient (Wildman–Crippen LogP) is 4.07. The van der Waals surface area contributed by atoms with Gasteiger partial charge >= 0.3 is 0 Å². The van der Waals surface area contributed by atoms with E-state index >= 15 is 0 Å². The zero-order valence-corrected chi connectivity index (χ0v) is 16.6. The number of hydrogen-bond acceptors (Lipinski definition) is 4. The van der Waals surface area contributed by atoms with Gasteiger partial charge in [-0.25, -0.2) is 0 Å². The van der Waals surface area contributed by atoms with Crippen molar-refractivity contribution in [1.82, 2.24) is 4.57 Å². The SMILES string of the molecule is COCCCn1c(C)cc(C(=O)CSc2ccc(NC(C)=O)cc2)c1C. The van der Waals surface area contributed by atoms with Gasteiger partial charge in [0.05, 0.1) is 5.75 Å². The molecule has 1 N–H and O–H groups in total. The molecule has 1 amide bonds. The molecule has 1 aromatic carbocycles. The van der Waals surface area contributed by atoms with Crippen LogP contribution in [0.3, 0.4) is 0 Å². The first-order chi connectivity index (χ1) is 12.4. The zero-order chi connectivity index (χ0) is 19.1. The summed E-state index contributed by atoms with van der Waals surface area (Å²) in [5, 5.41) is 2.73. The van der Waals surface area contributed by atoms with Gasteiger partial charge < -0.3 is 14.6 Å². The van der Waals surface area contributed by atoms with Gasteiger partial charge in [-0.3, -0.25) is 9.59 Å². The number of carbonyl (C=O) groups excluding carboxylic acids is 2. The fourth-order valence-corrected chi connectivity index (χ4v) is 3.64. The third-order valence-electron chi connectivity index (χ3n) is 4.15. The number of nitrogens with zero attached hydrogens (tertiary/aromatic N) is 1. The molecule has 0 atom stereocenters. The van der Waals surface area contributed by atoms with Gasteiger partial charge in [0.1, 0.15) is 0 Å². The molecule has 0 spiro atoms. The summed E-state index contributed by atoms with van der Waals surface area (Å²) < 4.78 is 7.29. The van der Waals surface area contributed by atoms with Crippen LogP contribution in [-0.2, 0) is 16.1 Å². The Hall–Kier alpha value is -2.05. The van der Waals surface area contributed by atoms with Gasteiger partial charge in [-0.15, -0.1) is 11.8 Å². The number of hydrogen-bond donors (Lipinski definition) is 1. The fourth-order valence-electron chi connectivity index (χ4n) is 2.86. The lowest BCUT2D eigenvalue weighted by atomic mass is 10.2. The monoisotopic (exact) mass is 374 g/mol. The minimum atomic E-state index is -0.0959. The average Bonchev–Trinajstić information content (AvgIpc) is 2.89. The number of nitrogens with one attached hydrogen (secondary N) is 1. The first-order valence-corrected chi connectivity index (χ1v) is 9.60. The van der Waals surface area contributed by atoms with Crippen LogP contribution in [0.5, 0.6) is 0 Å². The number of methoxy groups -OCH3 is 1. The van der Waals surface area contributed by atoms with Crippen LogP contribution < -0.4 is 5.32 Å². The van der Waals surface area contributed by atoms with Gasteiger partial charge in [-0.1, -0.05) is 0 Å². The third-order valence-corrected chi connectivity index (χ3v) is 5.16. The highest BCUT2D eigenvalue weighted by atomic mass is 32.2. The van der Waals surface area contributed by atoms with Crippen LogP contribution in [0.15, 0.2) is 35.2 Å². The fraction of sp³-hybridized carbons (Fsp3) is 0.400. The number of Topliss-reactive ketones (excluding diaryl/α,β-unsaturated/α-hetero) is 1. The molecule has 0 aliphatic rings. The molecule has 1 aromatic heterocycles. The maximum absolute atomic E-state index is 12.6. The molecule has 2 rings (SSSR count). The summed E-state index contributed by atoms with van der Waals surface area (Å²) in [5.41, 5.74) is 3.67. The Kier molecular flexibility index (Phi) is 7.48. The lowest BCUT2D eigenvalue weighted by Crippen LogP contribution is -2.08. The van der Waals surface area contributed by atoms with Crippen molar-refractivity contribution >= 4 is 29.1 Å². The van der Waals surface area contributed by atoms with Gasteiger partial charge in [-0.05, 0) is 50.6 Å². The normalized spacial score (nSPS) is 10.8. The summed E-state index contributed by atoms with van der Waals surface area (Å²) in [6, 6.07) is 9.49. The van der Waals surface area contributed by atoms with E-state index in [1.54, 1.807) is 7.11 Å². The minimum absolute atomic E-state index is 0.0959. The molecule has 5 nitrogen and oxygen atoms in total. The highest BCUT2D eigenvalue weighted by Gasteiger charge is 2.15. The number of aromatic nitrogens is 1. The molecular weight excluding hydrogens is 348 g/mol. The first kappa shape index (κ1) is 20.3. The van der Waals surface area contributed by atoms with Crippen LogP contribution in [0, 0.1) is 13.8 Å². The number of ketones is 1. The summed E-state index contributed by atoms with van der Waals surface area (Å²) in [6.07, 6.45) is 0.926. The number of rotatable bonds is 9. The third kappa shape index (κ3) is 5.47. The second-order valence-electron chi connectivity index (χ2n) is 6.20. The van der Waals surface area contributed by atoms with Crippen molar-refractivity contribution in [2.45, 2.75) is 38.6 Å². The number of thioether (sulfide) groups is 1. The van der Waals surface area contributed by atoms with E-state index in [0.29, 0.717) is 12.4 Å². The second-order valence-corrected chi connectivity index (χ2v) is 7.25. The Bertz CT molecular complexity index is 766. The molecule has 1 heterocycles. The Balaban J connectivity index is 1.97.